The molecule has 1 aromatic heterocycles. The van der Waals surface area contributed by atoms with Crippen molar-refractivity contribution in [3.63, 3.8) is 0 Å². The number of phenols is 1. The number of nitrogens with one attached hydrogen (secondary N) is 1. The summed E-state index contributed by atoms with van der Waals surface area (Å²) in [6.45, 7) is 7.67. The van der Waals surface area contributed by atoms with Crippen LogP contribution in [-0.4, -0.2) is 41.8 Å². The number of fused-ring (bicyclic) bond motifs is 1. The first kappa shape index (κ1) is 28.8. The summed E-state index contributed by atoms with van der Waals surface area (Å²) in [5.74, 6) is 1.24. The predicted octanol–water partition coefficient (Wildman–Crippen LogP) is 5.13. The number of halogens is 2. The van der Waals surface area contributed by atoms with E-state index in [1.807, 2.05) is 49.5 Å². The molecule has 0 fully saturated rings. The maximum absolute atomic E-state index is 11.8. The highest BCUT2D eigenvalue weighted by Crippen LogP contribution is 2.29. The minimum atomic E-state index is 0.0418. The van der Waals surface area contributed by atoms with Crippen LogP contribution in [0.2, 0.25) is 10.0 Å². The van der Waals surface area contributed by atoms with Gasteiger partial charge in [-0.25, -0.2) is 9.13 Å². The summed E-state index contributed by atoms with van der Waals surface area (Å²) < 4.78 is 4.29. The van der Waals surface area contributed by atoms with Crippen LogP contribution in [0.15, 0.2) is 30.3 Å². The van der Waals surface area contributed by atoms with Crippen LogP contribution in [0.1, 0.15) is 50.9 Å². The second-order valence-corrected chi connectivity index (χ2v) is 9.84. The first-order valence-electron chi connectivity index (χ1n) is 12.9. The van der Waals surface area contributed by atoms with Crippen LogP contribution in [0.4, 0.5) is 5.69 Å². The van der Waals surface area contributed by atoms with E-state index in [-0.39, 0.29) is 11.7 Å². The second-order valence-electron chi connectivity index (χ2n) is 9.02. The molecule has 0 saturated carbocycles. The summed E-state index contributed by atoms with van der Waals surface area (Å²) in [5, 5.41) is 14.5. The van der Waals surface area contributed by atoms with Gasteiger partial charge in [0, 0.05) is 68.1 Å². The van der Waals surface area contributed by atoms with Crippen LogP contribution in [-0.2, 0) is 18.4 Å². The summed E-state index contributed by atoms with van der Waals surface area (Å²) in [6, 6.07) is 9.56. The SMILES string of the molecule is CCN(CC)c1ccc(/C=C/c2n(CCCCCC(=O)NCCN)c3cc(Cl)c(Cl)cc3[n+]2C)c(O)c1. The fraction of sp³-hybridized carbons (Fsp3) is 0.429. The third-order valence-electron chi connectivity index (χ3n) is 6.60. The Kier molecular flexibility index (Phi) is 10.7. The third-order valence-corrected chi connectivity index (χ3v) is 7.32. The molecule has 0 unspecified atom stereocenters. The minimum absolute atomic E-state index is 0.0418. The molecule has 0 radical (unpaired) electrons. The van der Waals surface area contributed by atoms with E-state index >= 15 is 0 Å². The Morgan fingerprint density at radius 2 is 1.84 bits per heavy atom. The molecule has 9 heteroatoms. The number of aromatic nitrogens is 2. The van der Waals surface area contributed by atoms with Crippen molar-refractivity contribution in [2.75, 3.05) is 31.1 Å². The second kappa shape index (κ2) is 13.7. The Morgan fingerprint density at radius 3 is 2.51 bits per heavy atom. The molecule has 0 atom stereocenters. The maximum atomic E-state index is 11.8. The Bertz CT molecular complexity index is 1250. The molecular weight excluding hydrogens is 509 g/mol. The maximum Gasteiger partial charge on any atom is 0.282 e. The number of phenolic OH excluding ortho intramolecular Hbond substituents is 1. The number of carbonyl (C=O) groups excluding carboxylic acids is 1. The standard InChI is InChI=1S/C28H37Cl2N5O2/c1-4-34(5-2)21-12-10-20(26(36)17-21)11-13-28-33(3)24-18-22(29)23(30)19-25(24)35(28)16-8-6-7-9-27(37)32-15-14-31/h10-13,17-19H,4-9,14-16,31H2,1-3H3,(H,32,37)/p+1. The van der Waals surface area contributed by atoms with E-state index in [9.17, 15) is 9.90 Å². The smallest absolute Gasteiger partial charge is 0.282 e. The topological polar surface area (TPSA) is 87.4 Å². The van der Waals surface area contributed by atoms with Gasteiger partial charge in [-0.15, -0.1) is 0 Å². The molecular formula is C28H38Cl2N5O2+. The molecule has 1 amide bonds. The van der Waals surface area contributed by atoms with Gasteiger partial charge in [0.15, 0.2) is 11.0 Å². The average molecular weight is 548 g/mol. The number of hydrogen-bond donors (Lipinski definition) is 3. The Labute approximate surface area is 229 Å². The van der Waals surface area contributed by atoms with Crippen LogP contribution in [0.25, 0.3) is 23.2 Å². The number of benzene rings is 2. The van der Waals surface area contributed by atoms with Crippen molar-refractivity contribution in [1.29, 1.82) is 0 Å². The highest BCUT2D eigenvalue weighted by Gasteiger charge is 2.22. The molecule has 2 aromatic carbocycles. The van der Waals surface area contributed by atoms with Crippen molar-refractivity contribution in [3.8, 4) is 5.75 Å². The van der Waals surface area contributed by atoms with E-state index in [4.69, 9.17) is 28.9 Å². The van der Waals surface area contributed by atoms with Crippen molar-refractivity contribution in [3.05, 3.63) is 51.8 Å². The molecule has 1 heterocycles. The molecule has 4 N–H and O–H groups in total. The molecule has 0 spiro atoms. The van der Waals surface area contributed by atoms with Gasteiger partial charge >= 0.3 is 0 Å². The summed E-state index contributed by atoms with van der Waals surface area (Å²) in [4.78, 5) is 14.0. The van der Waals surface area contributed by atoms with Crippen molar-refractivity contribution in [1.82, 2.24) is 9.88 Å². The fourth-order valence-corrected chi connectivity index (χ4v) is 4.85. The highest BCUT2D eigenvalue weighted by molar-refractivity contribution is 6.42. The molecule has 0 aliphatic heterocycles. The van der Waals surface area contributed by atoms with E-state index in [0.29, 0.717) is 29.6 Å². The van der Waals surface area contributed by atoms with Gasteiger partial charge < -0.3 is 21.1 Å². The van der Waals surface area contributed by atoms with Gasteiger partial charge in [-0.3, -0.25) is 4.79 Å². The molecule has 0 aliphatic carbocycles. The molecule has 0 bridgehead atoms. The van der Waals surface area contributed by atoms with E-state index in [1.165, 1.54) is 0 Å². The molecule has 0 aliphatic rings. The van der Waals surface area contributed by atoms with Crippen LogP contribution in [0.5, 0.6) is 5.75 Å². The van der Waals surface area contributed by atoms with Gasteiger partial charge in [-0.05, 0) is 51.3 Å². The van der Waals surface area contributed by atoms with Gasteiger partial charge in [0.25, 0.3) is 5.82 Å². The third kappa shape index (κ3) is 7.18. The van der Waals surface area contributed by atoms with Crippen molar-refractivity contribution in [2.45, 2.75) is 46.1 Å². The number of rotatable bonds is 13. The van der Waals surface area contributed by atoms with Gasteiger partial charge in [-0.1, -0.05) is 23.2 Å². The number of nitrogens with two attached hydrogens (primary N) is 1. The minimum Gasteiger partial charge on any atom is -0.507 e. The Balaban J connectivity index is 1.84. The molecule has 7 nitrogen and oxygen atoms in total. The lowest BCUT2D eigenvalue weighted by molar-refractivity contribution is -0.647. The summed E-state index contributed by atoms with van der Waals surface area (Å²) in [5.41, 5.74) is 9.14. The van der Waals surface area contributed by atoms with E-state index in [0.717, 1.165) is 67.0 Å². The normalized spacial score (nSPS) is 11.5. The van der Waals surface area contributed by atoms with E-state index in [1.54, 1.807) is 0 Å². The Morgan fingerprint density at radius 1 is 1.11 bits per heavy atom. The fourth-order valence-electron chi connectivity index (χ4n) is 4.53. The van der Waals surface area contributed by atoms with Crippen molar-refractivity contribution >= 4 is 58.0 Å². The molecule has 200 valence electrons. The zero-order valence-electron chi connectivity index (χ0n) is 21.9. The van der Waals surface area contributed by atoms with Crippen LogP contribution >= 0.6 is 23.2 Å². The van der Waals surface area contributed by atoms with Gasteiger partial charge in [-0.2, -0.15) is 0 Å². The van der Waals surface area contributed by atoms with Gasteiger partial charge in [0.05, 0.1) is 23.6 Å². The van der Waals surface area contributed by atoms with Crippen LogP contribution < -0.4 is 20.5 Å². The summed E-state index contributed by atoms with van der Waals surface area (Å²) in [7, 11) is 1.99. The summed E-state index contributed by atoms with van der Waals surface area (Å²) in [6.07, 6.45) is 7.06. The van der Waals surface area contributed by atoms with E-state index < -0.39 is 0 Å². The number of imidazole rings is 1. The number of aromatic hydroxyl groups is 1. The summed E-state index contributed by atoms with van der Waals surface area (Å²) >= 11 is 12.7. The van der Waals surface area contributed by atoms with Crippen LogP contribution in [0, 0.1) is 0 Å². The Hall–Kier alpha value is -2.74. The number of anilines is 1. The number of amides is 1. The lowest BCUT2D eigenvalue weighted by Crippen LogP contribution is -2.31. The number of aryl methyl sites for hydroxylation is 2. The van der Waals surface area contributed by atoms with Gasteiger partial charge in [0.2, 0.25) is 5.91 Å². The zero-order chi connectivity index (χ0) is 26.9. The predicted molar refractivity (Wildman–Crippen MR) is 154 cm³/mol. The molecule has 0 saturated heterocycles. The number of unbranched alkanes of at least 4 members (excludes halogenated alkanes) is 2. The van der Waals surface area contributed by atoms with Crippen LogP contribution in [0.3, 0.4) is 0 Å². The van der Waals surface area contributed by atoms with E-state index in [2.05, 4.69) is 33.2 Å². The van der Waals surface area contributed by atoms with Crippen molar-refractivity contribution in [2.24, 2.45) is 12.8 Å². The zero-order valence-corrected chi connectivity index (χ0v) is 23.4. The monoisotopic (exact) mass is 546 g/mol. The quantitative estimate of drug-likeness (QED) is 0.205. The number of carbonyl (C=O) groups is 1. The molecule has 3 rings (SSSR count). The lowest BCUT2D eigenvalue weighted by Gasteiger charge is -2.21. The number of hydrogen-bond acceptors (Lipinski definition) is 4. The largest absolute Gasteiger partial charge is 0.507 e. The molecule has 37 heavy (non-hydrogen) atoms. The first-order chi connectivity index (χ1) is 17.8. The number of nitrogens with zero attached hydrogens (tertiary/aromatic N) is 3. The lowest BCUT2D eigenvalue weighted by atomic mass is 10.1. The van der Waals surface area contributed by atoms with Crippen molar-refractivity contribution < 1.29 is 14.5 Å². The highest BCUT2D eigenvalue weighted by atomic mass is 35.5. The molecule has 3 aromatic rings. The van der Waals surface area contributed by atoms with Gasteiger partial charge in [0.1, 0.15) is 5.75 Å². The first-order valence-corrected chi connectivity index (χ1v) is 13.7. The average Bonchev–Trinajstić information content (AvgIpc) is 3.12.